The number of ether oxygens (including phenoxy) is 1. The number of amides is 1. The average molecular weight is 308 g/mol. The number of nitrogens with one attached hydrogen (secondary N) is 1. The Kier molecular flexibility index (Phi) is 5.54. The number of carbonyl (C=O) groups excluding carboxylic acids is 2. The Hall–Kier alpha value is -1.89. The molecular weight excluding hydrogens is 284 g/mol. The second-order valence-electron chi connectivity index (χ2n) is 6.28. The smallest absolute Gasteiger partial charge is 0.379 e. The molecule has 1 fully saturated rings. The Morgan fingerprint density at radius 1 is 1.59 bits per heavy atom. The highest BCUT2D eigenvalue weighted by molar-refractivity contribution is 5.75. The fourth-order valence-electron chi connectivity index (χ4n) is 2.90. The number of aromatic nitrogens is 2. The van der Waals surface area contributed by atoms with Crippen LogP contribution in [-0.4, -0.2) is 47.2 Å². The molecule has 7 nitrogen and oxygen atoms in total. The molecule has 0 radical (unpaired) electrons. The predicted octanol–water partition coefficient (Wildman–Crippen LogP) is 1.41. The minimum atomic E-state index is -0.749. The first-order chi connectivity index (χ1) is 10.5. The van der Waals surface area contributed by atoms with Crippen LogP contribution < -0.4 is 5.32 Å². The second kappa shape index (κ2) is 7.40. The van der Waals surface area contributed by atoms with E-state index >= 15 is 0 Å². The van der Waals surface area contributed by atoms with Gasteiger partial charge in [0.25, 0.3) is 0 Å². The Bertz CT molecular complexity index is 515. The van der Waals surface area contributed by atoms with Crippen LogP contribution in [0.4, 0.5) is 4.79 Å². The third-order valence-corrected chi connectivity index (χ3v) is 4.02. The van der Waals surface area contributed by atoms with Crippen LogP contribution in [0.5, 0.6) is 0 Å². The lowest BCUT2D eigenvalue weighted by molar-refractivity contribution is -0.123. The molecule has 2 heterocycles. The maximum Gasteiger partial charge on any atom is 0.415 e. The largest absolute Gasteiger partial charge is 0.415 e. The summed E-state index contributed by atoms with van der Waals surface area (Å²) in [5.74, 6) is 0.776. The number of hydrogen-bond donors (Lipinski definition) is 1. The van der Waals surface area contributed by atoms with E-state index in [2.05, 4.69) is 31.6 Å². The molecule has 1 aliphatic heterocycles. The first kappa shape index (κ1) is 16.5. The summed E-state index contributed by atoms with van der Waals surface area (Å²) in [6.07, 6.45) is 4.21. The Labute approximate surface area is 130 Å². The van der Waals surface area contributed by atoms with Crippen molar-refractivity contribution < 1.29 is 14.3 Å². The van der Waals surface area contributed by atoms with Gasteiger partial charge in [-0.15, -0.1) is 0 Å². The molecule has 0 spiro atoms. The molecule has 1 aromatic rings. The van der Waals surface area contributed by atoms with E-state index in [1.54, 1.807) is 6.33 Å². The molecule has 2 atom stereocenters. The molecule has 122 valence electrons. The van der Waals surface area contributed by atoms with Crippen LogP contribution in [0.3, 0.4) is 0 Å². The van der Waals surface area contributed by atoms with E-state index in [0.717, 1.165) is 25.3 Å². The molecule has 1 amide bonds. The van der Waals surface area contributed by atoms with Crippen molar-refractivity contribution in [2.45, 2.75) is 32.9 Å². The van der Waals surface area contributed by atoms with Crippen molar-refractivity contribution in [3.05, 3.63) is 18.2 Å². The van der Waals surface area contributed by atoms with Gasteiger partial charge >= 0.3 is 12.6 Å². The van der Waals surface area contributed by atoms with Gasteiger partial charge in [-0.2, -0.15) is 0 Å². The van der Waals surface area contributed by atoms with E-state index < -0.39 is 6.09 Å². The quantitative estimate of drug-likeness (QED) is 0.635. The Morgan fingerprint density at radius 2 is 2.36 bits per heavy atom. The SMILES string of the molecule is CC(C)C(NC(=O)OC=O)c1cn(C[C@H]2CCN(C)C2)cn1. The van der Waals surface area contributed by atoms with Gasteiger partial charge in [0.2, 0.25) is 0 Å². The average Bonchev–Trinajstić information content (AvgIpc) is 3.06. The molecule has 0 aliphatic carbocycles. The van der Waals surface area contributed by atoms with Crippen molar-refractivity contribution in [2.75, 3.05) is 20.1 Å². The predicted molar refractivity (Wildman–Crippen MR) is 81.1 cm³/mol. The van der Waals surface area contributed by atoms with E-state index in [1.165, 1.54) is 6.42 Å². The van der Waals surface area contributed by atoms with Crippen molar-refractivity contribution in [1.29, 1.82) is 0 Å². The van der Waals surface area contributed by atoms with Crippen LogP contribution in [0.2, 0.25) is 0 Å². The monoisotopic (exact) mass is 308 g/mol. The molecule has 2 rings (SSSR count). The maximum atomic E-state index is 11.4. The van der Waals surface area contributed by atoms with E-state index in [9.17, 15) is 9.59 Å². The minimum absolute atomic E-state index is 0.127. The van der Waals surface area contributed by atoms with Crippen LogP contribution in [-0.2, 0) is 16.1 Å². The minimum Gasteiger partial charge on any atom is -0.379 e. The summed E-state index contributed by atoms with van der Waals surface area (Å²) in [6.45, 7) is 7.27. The normalized spacial score (nSPS) is 20.1. The highest BCUT2D eigenvalue weighted by atomic mass is 16.6. The van der Waals surface area contributed by atoms with Crippen LogP contribution in [0.15, 0.2) is 12.5 Å². The van der Waals surface area contributed by atoms with Crippen LogP contribution in [0, 0.1) is 11.8 Å². The van der Waals surface area contributed by atoms with Crippen LogP contribution in [0.25, 0.3) is 0 Å². The van der Waals surface area contributed by atoms with Gasteiger partial charge in [0.15, 0.2) is 0 Å². The summed E-state index contributed by atoms with van der Waals surface area (Å²) in [5, 5.41) is 2.67. The number of likely N-dealkylation sites (tertiary alicyclic amines) is 1. The van der Waals surface area contributed by atoms with E-state index in [0.29, 0.717) is 5.92 Å². The van der Waals surface area contributed by atoms with Crippen molar-refractivity contribution >= 4 is 12.6 Å². The topological polar surface area (TPSA) is 76.5 Å². The summed E-state index contributed by atoms with van der Waals surface area (Å²) in [7, 11) is 2.14. The molecule has 7 heteroatoms. The van der Waals surface area contributed by atoms with Gasteiger partial charge in [-0.25, -0.2) is 9.78 Å². The highest BCUT2D eigenvalue weighted by Crippen LogP contribution is 2.22. The van der Waals surface area contributed by atoms with Crippen LogP contribution >= 0.6 is 0 Å². The lowest BCUT2D eigenvalue weighted by Crippen LogP contribution is -2.32. The number of carbonyl (C=O) groups is 2. The molecule has 22 heavy (non-hydrogen) atoms. The number of rotatable bonds is 6. The Balaban J connectivity index is 2.00. The first-order valence-corrected chi connectivity index (χ1v) is 7.60. The van der Waals surface area contributed by atoms with E-state index in [1.807, 2.05) is 20.0 Å². The zero-order valence-corrected chi connectivity index (χ0v) is 13.4. The van der Waals surface area contributed by atoms with Gasteiger partial charge in [0.05, 0.1) is 18.1 Å². The highest BCUT2D eigenvalue weighted by Gasteiger charge is 2.23. The van der Waals surface area contributed by atoms with Gasteiger partial charge in [0.1, 0.15) is 0 Å². The number of imidazole rings is 1. The number of alkyl carbamates (subject to hydrolysis) is 1. The molecule has 1 aliphatic rings. The number of nitrogens with zero attached hydrogens (tertiary/aromatic N) is 3. The van der Waals surface area contributed by atoms with Gasteiger partial charge in [0, 0.05) is 19.3 Å². The summed E-state index contributed by atoms with van der Waals surface area (Å²) in [5.41, 5.74) is 0.782. The first-order valence-electron chi connectivity index (χ1n) is 7.60. The molecule has 1 unspecified atom stereocenters. The zero-order valence-electron chi connectivity index (χ0n) is 13.4. The molecule has 1 aromatic heterocycles. The fraction of sp³-hybridized carbons (Fsp3) is 0.667. The molecular formula is C15H24N4O3. The summed E-state index contributed by atoms with van der Waals surface area (Å²) < 4.78 is 6.37. The van der Waals surface area contributed by atoms with Crippen molar-refractivity contribution in [2.24, 2.45) is 11.8 Å². The Morgan fingerprint density at radius 3 is 2.95 bits per heavy atom. The third-order valence-electron chi connectivity index (χ3n) is 4.02. The maximum absolute atomic E-state index is 11.4. The summed E-state index contributed by atoms with van der Waals surface area (Å²) >= 11 is 0. The molecule has 1 saturated heterocycles. The van der Waals surface area contributed by atoms with Gasteiger partial charge < -0.3 is 19.5 Å². The van der Waals surface area contributed by atoms with Gasteiger partial charge in [-0.05, 0) is 31.8 Å². The van der Waals surface area contributed by atoms with Crippen molar-refractivity contribution in [3.63, 3.8) is 0 Å². The summed E-state index contributed by atoms with van der Waals surface area (Å²) in [4.78, 5) is 28.4. The zero-order chi connectivity index (χ0) is 16.1. The van der Waals surface area contributed by atoms with Gasteiger partial charge in [-0.1, -0.05) is 13.8 Å². The van der Waals surface area contributed by atoms with Crippen molar-refractivity contribution in [3.8, 4) is 0 Å². The van der Waals surface area contributed by atoms with Crippen LogP contribution in [0.1, 0.15) is 32.0 Å². The molecule has 0 aromatic carbocycles. The summed E-state index contributed by atoms with van der Waals surface area (Å²) in [6, 6.07) is -0.278. The number of hydrogen-bond acceptors (Lipinski definition) is 5. The van der Waals surface area contributed by atoms with E-state index in [4.69, 9.17) is 0 Å². The molecule has 0 saturated carbocycles. The van der Waals surface area contributed by atoms with Gasteiger partial charge in [-0.3, -0.25) is 4.79 Å². The second-order valence-corrected chi connectivity index (χ2v) is 6.28. The third kappa shape index (κ3) is 4.30. The molecule has 0 bridgehead atoms. The lowest BCUT2D eigenvalue weighted by Gasteiger charge is -2.19. The fourth-order valence-corrected chi connectivity index (χ4v) is 2.90. The van der Waals surface area contributed by atoms with Crippen molar-refractivity contribution in [1.82, 2.24) is 19.8 Å². The lowest BCUT2D eigenvalue weighted by atomic mass is 10.0. The van der Waals surface area contributed by atoms with E-state index in [-0.39, 0.29) is 18.4 Å². The molecule has 1 N–H and O–H groups in total. The standard InChI is InChI=1S/C15H24N4O3/c1-11(2)14(17-15(21)22-10-20)13-8-19(9-16-13)7-12-4-5-18(3)6-12/h8-12,14H,4-7H2,1-3H3,(H,17,21)/t12-,14?/m0/s1.